The van der Waals surface area contributed by atoms with Crippen molar-refractivity contribution in [3.63, 3.8) is 0 Å². The zero-order valence-electron chi connectivity index (χ0n) is 19.1. The van der Waals surface area contributed by atoms with E-state index in [1.807, 2.05) is 42.6 Å². The van der Waals surface area contributed by atoms with Crippen molar-refractivity contribution in [3.05, 3.63) is 78.4 Å². The first kappa shape index (κ1) is 21.5. The Kier molecular flexibility index (Phi) is 6.01. The Morgan fingerprint density at radius 3 is 2.73 bits per heavy atom. The summed E-state index contributed by atoms with van der Waals surface area (Å²) in [6.45, 7) is 2.81. The molecule has 2 aromatic carbocycles. The van der Waals surface area contributed by atoms with Crippen LogP contribution in [0.1, 0.15) is 43.5 Å². The summed E-state index contributed by atoms with van der Waals surface area (Å²) in [6, 6.07) is 18.2. The number of hydrogen-bond donors (Lipinski definition) is 1. The Hall–Kier alpha value is -3.38. The van der Waals surface area contributed by atoms with Gasteiger partial charge in [-0.3, -0.25) is 4.40 Å². The minimum atomic E-state index is 0.326. The summed E-state index contributed by atoms with van der Waals surface area (Å²) in [7, 11) is 1.81. The fraction of sp³-hybridized carbons (Fsp3) is 0.333. The number of ether oxygens (including phenoxy) is 2. The first-order chi connectivity index (χ1) is 16.1. The molecule has 1 aliphatic carbocycles. The first-order valence-electron chi connectivity index (χ1n) is 11.6. The third-order valence-electron chi connectivity index (χ3n) is 6.75. The summed E-state index contributed by atoms with van der Waals surface area (Å²) in [5, 5.41) is 0. The van der Waals surface area contributed by atoms with Crippen molar-refractivity contribution in [2.45, 2.75) is 44.8 Å². The molecule has 2 N–H and O–H groups in total. The summed E-state index contributed by atoms with van der Waals surface area (Å²) in [5.74, 6) is 3.15. The number of imidazole rings is 1. The van der Waals surface area contributed by atoms with Gasteiger partial charge in [0.2, 0.25) is 0 Å². The van der Waals surface area contributed by atoms with Gasteiger partial charge in [-0.15, -0.1) is 0 Å². The molecule has 5 rings (SSSR count). The van der Waals surface area contributed by atoms with Gasteiger partial charge in [0.25, 0.3) is 0 Å². The van der Waals surface area contributed by atoms with E-state index in [2.05, 4.69) is 34.5 Å². The van der Waals surface area contributed by atoms with Gasteiger partial charge in [0, 0.05) is 31.0 Å². The van der Waals surface area contributed by atoms with Crippen molar-refractivity contribution in [1.82, 2.24) is 14.4 Å². The molecule has 6 nitrogen and oxygen atoms in total. The molecule has 0 spiro atoms. The highest BCUT2D eigenvalue weighted by Gasteiger charge is 2.32. The van der Waals surface area contributed by atoms with Crippen molar-refractivity contribution in [2.24, 2.45) is 5.92 Å². The monoisotopic (exact) mass is 442 g/mol. The zero-order valence-corrected chi connectivity index (χ0v) is 19.1. The highest BCUT2D eigenvalue weighted by atomic mass is 16.5. The summed E-state index contributed by atoms with van der Waals surface area (Å²) in [4.78, 5) is 9.51. The lowest BCUT2D eigenvalue weighted by Crippen LogP contribution is -2.27. The second-order valence-corrected chi connectivity index (χ2v) is 8.91. The van der Waals surface area contributed by atoms with Gasteiger partial charge in [-0.25, -0.2) is 9.97 Å². The van der Waals surface area contributed by atoms with Crippen molar-refractivity contribution >= 4 is 11.3 Å². The van der Waals surface area contributed by atoms with Gasteiger partial charge in [-0.05, 0) is 42.9 Å². The zero-order chi connectivity index (χ0) is 22.8. The summed E-state index contributed by atoms with van der Waals surface area (Å²) >= 11 is 0. The molecule has 1 saturated carbocycles. The van der Waals surface area contributed by atoms with Gasteiger partial charge in [0.1, 0.15) is 35.2 Å². The molecule has 6 heteroatoms. The van der Waals surface area contributed by atoms with E-state index in [1.165, 1.54) is 0 Å². The van der Waals surface area contributed by atoms with Crippen molar-refractivity contribution in [1.29, 1.82) is 0 Å². The van der Waals surface area contributed by atoms with E-state index in [0.717, 1.165) is 53.2 Å². The molecular formula is C27H30N4O2. The van der Waals surface area contributed by atoms with Crippen LogP contribution in [0.4, 0.5) is 5.82 Å². The van der Waals surface area contributed by atoms with Gasteiger partial charge in [-0.1, -0.05) is 49.4 Å². The molecule has 3 unspecified atom stereocenters. The fourth-order valence-corrected chi connectivity index (χ4v) is 4.97. The Bertz CT molecular complexity index is 1240. The van der Waals surface area contributed by atoms with Crippen LogP contribution >= 0.6 is 0 Å². The average Bonchev–Trinajstić information content (AvgIpc) is 3.24. The van der Waals surface area contributed by atoms with E-state index in [4.69, 9.17) is 20.2 Å². The second-order valence-electron chi connectivity index (χ2n) is 8.91. The van der Waals surface area contributed by atoms with Crippen LogP contribution in [0.3, 0.4) is 0 Å². The summed E-state index contributed by atoms with van der Waals surface area (Å²) in [5.41, 5.74) is 10.2. The highest BCUT2D eigenvalue weighted by molar-refractivity contribution is 5.85. The van der Waals surface area contributed by atoms with Crippen LogP contribution in [0.25, 0.3) is 16.8 Å². The Morgan fingerprint density at radius 1 is 1.09 bits per heavy atom. The van der Waals surface area contributed by atoms with Crippen LogP contribution in [0.15, 0.2) is 67.0 Å². The van der Waals surface area contributed by atoms with Gasteiger partial charge in [-0.2, -0.15) is 0 Å². The predicted molar refractivity (Wildman–Crippen MR) is 130 cm³/mol. The second kappa shape index (κ2) is 9.24. The number of nitrogens with zero attached hydrogens (tertiary/aromatic N) is 3. The third kappa shape index (κ3) is 4.31. The number of rotatable bonds is 6. The molecule has 2 aromatic heterocycles. The van der Waals surface area contributed by atoms with Crippen LogP contribution in [-0.2, 0) is 11.3 Å². The van der Waals surface area contributed by atoms with Crippen LogP contribution < -0.4 is 10.5 Å². The van der Waals surface area contributed by atoms with E-state index in [9.17, 15) is 0 Å². The number of methoxy groups -OCH3 is 1. The lowest BCUT2D eigenvalue weighted by atomic mass is 9.78. The van der Waals surface area contributed by atoms with Gasteiger partial charge >= 0.3 is 0 Å². The molecular weight excluding hydrogens is 412 g/mol. The largest absolute Gasteiger partial charge is 0.489 e. The van der Waals surface area contributed by atoms with Gasteiger partial charge in [0.05, 0.1) is 6.10 Å². The predicted octanol–water partition coefficient (Wildman–Crippen LogP) is 5.48. The fourth-order valence-electron chi connectivity index (χ4n) is 4.97. The minimum Gasteiger partial charge on any atom is -0.489 e. The number of benzene rings is 2. The molecule has 0 saturated heterocycles. The Balaban J connectivity index is 1.50. The Morgan fingerprint density at radius 2 is 1.94 bits per heavy atom. The molecule has 170 valence electrons. The first-order valence-corrected chi connectivity index (χ1v) is 11.6. The van der Waals surface area contributed by atoms with E-state index in [1.54, 1.807) is 13.3 Å². The van der Waals surface area contributed by atoms with Crippen LogP contribution in [0, 0.1) is 5.92 Å². The van der Waals surface area contributed by atoms with Crippen molar-refractivity contribution in [3.8, 4) is 17.0 Å². The molecule has 1 fully saturated rings. The maximum Gasteiger partial charge on any atom is 0.150 e. The number of nitrogens with two attached hydrogens (primary N) is 1. The highest BCUT2D eigenvalue weighted by Crippen LogP contribution is 2.40. The molecule has 0 bridgehead atoms. The average molecular weight is 443 g/mol. The number of anilines is 1. The van der Waals surface area contributed by atoms with E-state index in [0.29, 0.717) is 30.4 Å². The molecule has 3 atom stereocenters. The summed E-state index contributed by atoms with van der Waals surface area (Å²) < 4.78 is 13.8. The van der Waals surface area contributed by atoms with Crippen LogP contribution in [0.5, 0.6) is 5.75 Å². The molecule has 0 aliphatic heterocycles. The van der Waals surface area contributed by atoms with Crippen LogP contribution in [-0.4, -0.2) is 27.6 Å². The van der Waals surface area contributed by atoms with E-state index < -0.39 is 0 Å². The number of hydrogen-bond acceptors (Lipinski definition) is 5. The molecule has 4 aromatic rings. The maximum absolute atomic E-state index is 6.37. The smallest absolute Gasteiger partial charge is 0.150 e. The van der Waals surface area contributed by atoms with Crippen LogP contribution in [0.2, 0.25) is 0 Å². The molecule has 2 heterocycles. The molecule has 0 radical (unpaired) electrons. The number of fused-ring (bicyclic) bond motifs is 1. The molecule has 1 aliphatic rings. The van der Waals surface area contributed by atoms with Crippen molar-refractivity contribution < 1.29 is 9.47 Å². The SMILES string of the molecule is COC1CCC(c2nc(-c3cccc(OCc4ccccc4)c3)c3c(N)nccn23)C(C)C1. The normalized spacial score (nSPS) is 20.7. The third-order valence-corrected chi connectivity index (χ3v) is 6.75. The standard InChI is InChI=1S/C27H30N4O2/c1-18-15-21(32-2)11-12-23(18)27-30-24(25-26(28)29-13-14-31(25)27)20-9-6-10-22(16-20)33-17-19-7-4-3-5-8-19/h3-10,13-14,16,18,21,23H,11-12,15,17H2,1-2H3,(H2,28,29). The minimum absolute atomic E-state index is 0.326. The van der Waals surface area contributed by atoms with Gasteiger partial charge in [0.15, 0.2) is 0 Å². The van der Waals surface area contributed by atoms with E-state index in [-0.39, 0.29) is 0 Å². The molecule has 33 heavy (non-hydrogen) atoms. The quantitative estimate of drug-likeness (QED) is 0.428. The molecule has 0 amide bonds. The summed E-state index contributed by atoms with van der Waals surface area (Å²) in [6.07, 6.45) is 7.17. The van der Waals surface area contributed by atoms with E-state index >= 15 is 0 Å². The maximum atomic E-state index is 6.37. The topological polar surface area (TPSA) is 74.7 Å². The Labute approximate surface area is 194 Å². The lowest BCUT2D eigenvalue weighted by Gasteiger charge is -2.32. The lowest BCUT2D eigenvalue weighted by molar-refractivity contribution is 0.0455. The van der Waals surface area contributed by atoms with Crippen molar-refractivity contribution in [2.75, 3.05) is 12.8 Å². The van der Waals surface area contributed by atoms with Gasteiger partial charge < -0.3 is 15.2 Å². The number of nitrogen functional groups attached to an aromatic ring is 1. The number of aromatic nitrogens is 3.